The molecule has 3 aromatic heterocycles. The predicted octanol–water partition coefficient (Wildman–Crippen LogP) is 1.71. The molecule has 1 saturated carbocycles. The largest absolute Gasteiger partial charge is 0.359 e. The van der Waals surface area contributed by atoms with Crippen LogP contribution in [-0.2, 0) is 11.8 Å². The average Bonchev–Trinajstić information content (AvgIpc) is 3.07. The van der Waals surface area contributed by atoms with Gasteiger partial charge in [-0.1, -0.05) is 11.6 Å². The number of aromatic nitrogens is 6. The maximum absolute atomic E-state index is 12.5. The molecule has 1 aliphatic heterocycles. The normalized spacial score (nSPS) is 24.3. The van der Waals surface area contributed by atoms with Crippen molar-refractivity contribution in [2.24, 2.45) is 30.0 Å². The van der Waals surface area contributed by atoms with Crippen molar-refractivity contribution >= 4 is 45.4 Å². The van der Waals surface area contributed by atoms with E-state index in [1.165, 1.54) is 0 Å². The van der Waals surface area contributed by atoms with Gasteiger partial charge >= 0.3 is 0 Å². The fourth-order valence-corrected chi connectivity index (χ4v) is 5.94. The number of nitrogens with two attached hydrogens (primary N) is 1. The molecule has 1 saturated heterocycles. The third-order valence-electron chi connectivity index (χ3n) is 7.39. The van der Waals surface area contributed by atoms with Crippen molar-refractivity contribution in [3.05, 3.63) is 29.5 Å². The minimum Gasteiger partial charge on any atom is -0.359 e. The topological polar surface area (TPSA) is 131 Å². The lowest BCUT2D eigenvalue weighted by atomic mass is 10.0. The SMILES string of the molecule is CNC(=O)C1(CN)C2CCN(c3cnc4c(-c5ccc6nn(C)cc6c5Cl)n[nH]c4n3)CC21. The van der Waals surface area contributed by atoms with Crippen LogP contribution in [-0.4, -0.2) is 62.5 Å². The van der Waals surface area contributed by atoms with Gasteiger partial charge in [0.05, 0.1) is 22.2 Å². The number of halogens is 1. The van der Waals surface area contributed by atoms with Gasteiger partial charge in [-0.3, -0.25) is 14.6 Å². The summed E-state index contributed by atoms with van der Waals surface area (Å²) in [4.78, 5) is 24.1. The molecule has 2 aliphatic rings. The zero-order valence-corrected chi connectivity index (χ0v) is 19.1. The molecular weight excluding hydrogens is 442 g/mol. The van der Waals surface area contributed by atoms with E-state index in [-0.39, 0.29) is 11.8 Å². The maximum atomic E-state index is 12.5. The minimum absolute atomic E-state index is 0.0454. The highest BCUT2D eigenvalue weighted by atomic mass is 35.5. The molecule has 6 rings (SSSR count). The summed E-state index contributed by atoms with van der Waals surface area (Å²) in [6.45, 7) is 1.91. The van der Waals surface area contributed by atoms with E-state index in [0.717, 1.165) is 41.8 Å². The van der Waals surface area contributed by atoms with Gasteiger partial charge in [0, 0.05) is 50.9 Å². The highest BCUT2D eigenvalue weighted by Crippen LogP contribution is 2.62. The molecule has 3 unspecified atom stereocenters. The maximum Gasteiger partial charge on any atom is 0.227 e. The van der Waals surface area contributed by atoms with E-state index in [1.807, 2.05) is 25.4 Å². The number of aryl methyl sites for hydroxylation is 1. The number of H-pyrrole nitrogens is 1. The van der Waals surface area contributed by atoms with E-state index in [9.17, 15) is 4.79 Å². The quantitative estimate of drug-likeness (QED) is 0.418. The average molecular weight is 466 g/mol. The number of amides is 1. The smallest absolute Gasteiger partial charge is 0.227 e. The monoisotopic (exact) mass is 465 g/mol. The van der Waals surface area contributed by atoms with Gasteiger partial charge in [-0.2, -0.15) is 10.2 Å². The minimum atomic E-state index is -0.454. The van der Waals surface area contributed by atoms with Crippen LogP contribution < -0.4 is 16.0 Å². The molecule has 1 aliphatic carbocycles. The number of hydrogen-bond donors (Lipinski definition) is 3. The van der Waals surface area contributed by atoms with Gasteiger partial charge in [0.25, 0.3) is 0 Å². The summed E-state index contributed by atoms with van der Waals surface area (Å²) in [5.41, 5.74) is 9.10. The van der Waals surface area contributed by atoms with Gasteiger partial charge in [-0.15, -0.1) is 0 Å². The Hall–Kier alpha value is -3.24. The molecule has 10 nitrogen and oxygen atoms in total. The molecule has 1 amide bonds. The van der Waals surface area contributed by atoms with Gasteiger partial charge in [0.15, 0.2) is 5.65 Å². The Kier molecular flexibility index (Phi) is 4.40. The molecule has 0 bridgehead atoms. The molecule has 3 atom stereocenters. The summed E-state index contributed by atoms with van der Waals surface area (Å²) < 4.78 is 1.74. The van der Waals surface area contributed by atoms with Crippen LogP contribution in [0.15, 0.2) is 24.5 Å². The van der Waals surface area contributed by atoms with E-state index in [2.05, 4.69) is 30.5 Å². The van der Waals surface area contributed by atoms with Gasteiger partial charge in [-0.25, -0.2) is 9.97 Å². The third-order valence-corrected chi connectivity index (χ3v) is 7.80. The lowest BCUT2D eigenvalue weighted by molar-refractivity contribution is -0.126. The van der Waals surface area contributed by atoms with Crippen LogP contribution in [0.2, 0.25) is 5.02 Å². The number of hydrogen-bond acceptors (Lipinski definition) is 7. The van der Waals surface area contributed by atoms with Crippen molar-refractivity contribution in [2.75, 3.05) is 31.6 Å². The summed E-state index contributed by atoms with van der Waals surface area (Å²) in [6, 6.07) is 3.83. The highest BCUT2D eigenvalue weighted by molar-refractivity contribution is 6.38. The number of piperidine rings is 1. The van der Waals surface area contributed by atoms with Crippen molar-refractivity contribution in [2.45, 2.75) is 6.42 Å². The lowest BCUT2D eigenvalue weighted by Gasteiger charge is -2.26. The Morgan fingerprint density at radius 3 is 3.03 bits per heavy atom. The number of aromatic amines is 1. The molecule has 4 heterocycles. The van der Waals surface area contributed by atoms with Crippen molar-refractivity contribution in [3.63, 3.8) is 0 Å². The van der Waals surface area contributed by atoms with Crippen LogP contribution in [0.3, 0.4) is 0 Å². The second kappa shape index (κ2) is 7.13. The number of fused-ring (bicyclic) bond motifs is 3. The van der Waals surface area contributed by atoms with E-state index < -0.39 is 5.41 Å². The molecule has 33 heavy (non-hydrogen) atoms. The Bertz CT molecular complexity index is 1410. The Labute approximate surface area is 194 Å². The fraction of sp³-hybridized carbons (Fsp3) is 0.409. The van der Waals surface area contributed by atoms with Crippen molar-refractivity contribution < 1.29 is 4.79 Å². The third kappa shape index (κ3) is 2.80. The van der Waals surface area contributed by atoms with Crippen LogP contribution in [0.5, 0.6) is 0 Å². The summed E-state index contributed by atoms with van der Waals surface area (Å²) in [7, 11) is 3.54. The highest BCUT2D eigenvalue weighted by Gasteiger charge is 2.69. The number of anilines is 1. The zero-order chi connectivity index (χ0) is 22.9. The molecule has 4 N–H and O–H groups in total. The van der Waals surface area contributed by atoms with Gasteiger partial charge in [-0.05, 0) is 30.4 Å². The van der Waals surface area contributed by atoms with E-state index in [0.29, 0.717) is 34.3 Å². The van der Waals surface area contributed by atoms with E-state index in [1.54, 1.807) is 17.9 Å². The Morgan fingerprint density at radius 1 is 1.39 bits per heavy atom. The summed E-state index contributed by atoms with van der Waals surface area (Å²) in [5, 5.41) is 16.1. The van der Waals surface area contributed by atoms with Crippen LogP contribution in [0, 0.1) is 17.3 Å². The Morgan fingerprint density at radius 2 is 2.24 bits per heavy atom. The number of carbonyl (C=O) groups is 1. The van der Waals surface area contributed by atoms with E-state index in [4.69, 9.17) is 22.3 Å². The van der Waals surface area contributed by atoms with Crippen molar-refractivity contribution in [1.82, 2.24) is 35.3 Å². The molecule has 0 radical (unpaired) electrons. The zero-order valence-electron chi connectivity index (χ0n) is 18.3. The molecule has 170 valence electrons. The molecular formula is C22H24ClN9O. The first-order valence-electron chi connectivity index (χ1n) is 11.0. The standard InChI is InChI=1S/C22H24ClN9O/c1-25-21(33)22(10-24)13-5-6-32(9-14(13)22)16-7-26-19-18(28-29-20(19)27-16)11-3-4-15-12(17(11)23)8-31(2)30-15/h3-4,7-8,13-14H,5-6,9-10,24H2,1-2H3,(H,25,33)(H,27,28,29). The number of carbonyl (C=O) groups excluding carboxylic acids is 1. The predicted molar refractivity (Wildman–Crippen MR) is 126 cm³/mol. The van der Waals surface area contributed by atoms with Gasteiger partial charge in [0.2, 0.25) is 5.91 Å². The summed E-state index contributed by atoms with van der Waals surface area (Å²) in [5.74, 6) is 1.37. The molecule has 2 fully saturated rings. The lowest BCUT2D eigenvalue weighted by Crippen LogP contribution is -2.38. The first-order valence-corrected chi connectivity index (χ1v) is 11.4. The number of benzene rings is 1. The first-order chi connectivity index (χ1) is 16.0. The molecule has 4 aromatic rings. The second-order valence-electron chi connectivity index (χ2n) is 8.93. The van der Waals surface area contributed by atoms with Crippen LogP contribution in [0.4, 0.5) is 5.82 Å². The van der Waals surface area contributed by atoms with Gasteiger partial charge in [0.1, 0.15) is 17.0 Å². The molecule has 0 spiro atoms. The van der Waals surface area contributed by atoms with Crippen molar-refractivity contribution in [1.29, 1.82) is 0 Å². The van der Waals surface area contributed by atoms with Crippen LogP contribution in [0.25, 0.3) is 33.3 Å². The number of nitrogens with one attached hydrogen (secondary N) is 2. The van der Waals surface area contributed by atoms with Crippen LogP contribution in [0.1, 0.15) is 6.42 Å². The van der Waals surface area contributed by atoms with E-state index >= 15 is 0 Å². The molecule has 11 heteroatoms. The number of rotatable bonds is 4. The Balaban J connectivity index is 1.31. The summed E-state index contributed by atoms with van der Waals surface area (Å²) in [6.07, 6.45) is 4.57. The van der Waals surface area contributed by atoms with Crippen LogP contribution >= 0.6 is 11.6 Å². The summed E-state index contributed by atoms with van der Waals surface area (Å²) >= 11 is 6.69. The molecule has 1 aromatic carbocycles. The van der Waals surface area contributed by atoms with Crippen molar-refractivity contribution in [3.8, 4) is 11.3 Å². The first kappa shape index (κ1) is 20.4. The second-order valence-corrected chi connectivity index (χ2v) is 9.31. The fourth-order valence-electron chi connectivity index (χ4n) is 5.64. The number of nitrogens with zero attached hydrogens (tertiary/aromatic N) is 6. The van der Waals surface area contributed by atoms with Gasteiger partial charge < -0.3 is 16.0 Å².